The van der Waals surface area contributed by atoms with Crippen molar-refractivity contribution >= 4 is 11.9 Å². The van der Waals surface area contributed by atoms with Gasteiger partial charge in [0.2, 0.25) is 0 Å². The minimum Gasteiger partial charge on any atom is -0.480 e. The Balaban J connectivity index is 2.84. The summed E-state index contributed by atoms with van der Waals surface area (Å²) < 4.78 is 4.78. The summed E-state index contributed by atoms with van der Waals surface area (Å²) in [5.41, 5.74) is 1.44. The molecule has 0 spiro atoms. The third-order valence-electron chi connectivity index (χ3n) is 2.72. The van der Waals surface area contributed by atoms with Gasteiger partial charge in [-0.1, -0.05) is 31.5 Å². The molecule has 0 aliphatic carbocycles. The molecule has 104 valence electrons. The van der Waals surface area contributed by atoms with Gasteiger partial charge >= 0.3 is 5.97 Å². The predicted octanol–water partition coefficient (Wildman–Crippen LogP) is 1.47. The third-order valence-corrected chi connectivity index (χ3v) is 2.72. The lowest BCUT2D eigenvalue weighted by Gasteiger charge is -2.15. The summed E-state index contributed by atoms with van der Waals surface area (Å²) in [5.74, 6) is -1.49. The smallest absolute Gasteiger partial charge is 0.328 e. The molecule has 19 heavy (non-hydrogen) atoms. The molecule has 0 radical (unpaired) electrons. The summed E-state index contributed by atoms with van der Waals surface area (Å²) in [7, 11) is 1.40. The van der Waals surface area contributed by atoms with Gasteiger partial charge in [-0.3, -0.25) is 4.79 Å². The Morgan fingerprint density at radius 1 is 1.37 bits per heavy atom. The molecule has 0 fully saturated rings. The number of rotatable bonds is 7. The lowest BCUT2D eigenvalue weighted by Crippen LogP contribution is -2.44. The number of hydrogen-bond donors (Lipinski definition) is 2. The van der Waals surface area contributed by atoms with Crippen molar-refractivity contribution in [1.82, 2.24) is 5.32 Å². The zero-order valence-corrected chi connectivity index (χ0v) is 11.2. The highest BCUT2D eigenvalue weighted by molar-refractivity contribution is 5.97. The second-order valence-corrected chi connectivity index (χ2v) is 4.23. The van der Waals surface area contributed by atoms with Gasteiger partial charge in [0.05, 0.1) is 6.61 Å². The Labute approximate surface area is 112 Å². The molecule has 0 aliphatic rings. The number of carbonyl (C=O) groups is 2. The van der Waals surface area contributed by atoms with Gasteiger partial charge in [-0.25, -0.2) is 4.79 Å². The zero-order chi connectivity index (χ0) is 14.3. The minimum absolute atomic E-state index is 0.0585. The molecular weight excluding hydrogens is 246 g/mol. The van der Waals surface area contributed by atoms with Gasteiger partial charge in [0, 0.05) is 12.7 Å². The van der Waals surface area contributed by atoms with E-state index in [1.807, 2.05) is 19.1 Å². The Morgan fingerprint density at radius 2 is 2.05 bits per heavy atom. The highest BCUT2D eigenvalue weighted by atomic mass is 16.5. The fraction of sp³-hybridized carbons (Fsp3) is 0.429. The largest absolute Gasteiger partial charge is 0.480 e. The van der Waals surface area contributed by atoms with Crippen molar-refractivity contribution in [2.24, 2.45) is 0 Å². The van der Waals surface area contributed by atoms with Gasteiger partial charge < -0.3 is 15.2 Å². The van der Waals surface area contributed by atoms with Crippen LogP contribution in [0.5, 0.6) is 0 Å². The summed E-state index contributed by atoms with van der Waals surface area (Å²) in [6, 6.07) is 6.18. The fourth-order valence-electron chi connectivity index (χ4n) is 1.81. The number of carboxylic acids is 1. The molecular formula is C14H19NO4. The molecule has 0 aliphatic heterocycles. The molecule has 1 aromatic rings. The summed E-state index contributed by atoms with van der Waals surface area (Å²) >= 11 is 0. The Hall–Kier alpha value is -1.88. The van der Waals surface area contributed by atoms with E-state index < -0.39 is 12.0 Å². The molecule has 0 heterocycles. The van der Waals surface area contributed by atoms with Crippen molar-refractivity contribution < 1.29 is 19.4 Å². The Bertz CT molecular complexity index is 445. The normalized spacial score (nSPS) is 11.9. The Morgan fingerprint density at radius 3 is 2.63 bits per heavy atom. The fourth-order valence-corrected chi connectivity index (χ4v) is 1.81. The first kappa shape index (κ1) is 15.2. The molecule has 1 atom stereocenters. The molecule has 0 saturated carbocycles. The van der Waals surface area contributed by atoms with Crippen molar-refractivity contribution in [3.63, 3.8) is 0 Å². The van der Waals surface area contributed by atoms with Crippen LogP contribution in [0.1, 0.15) is 29.3 Å². The van der Waals surface area contributed by atoms with Crippen molar-refractivity contribution in [1.29, 1.82) is 0 Å². The van der Waals surface area contributed by atoms with Gasteiger partial charge in [-0.05, 0) is 18.1 Å². The van der Waals surface area contributed by atoms with E-state index in [0.717, 1.165) is 18.4 Å². The standard InChI is InChI=1S/C14H19NO4/c1-3-6-10-7-4-5-8-11(10)13(16)15-12(9-19-2)14(17)18/h4-5,7-8,12H,3,6,9H2,1-2H3,(H,15,16)(H,17,18). The van der Waals surface area contributed by atoms with E-state index in [4.69, 9.17) is 9.84 Å². The zero-order valence-electron chi connectivity index (χ0n) is 11.2. The van der Waals surface area contributed by atoms with E-state index in [1.54, 1.807) is 12.1 Å². The quantitative estimate of drug-likeness (QED) is 0.782. The average Bonchev–Trinajstić information content (AvgIpc) is 2.39. The van der Waals surface area contributed by atoms with Gasteiger partial charge in [0.25, 0.3) is 5.91 Å². The third kappa shape index (κ3) is 4.37. The highest BCUT2D eigenvalue weighted by Gasteiger charge is 2.21. The molecule has 0 saturated heterocycles. The number of carbonyl (C=O) groups excluding carboxylic acids is 1. The maximum atomic E-state index is 12.1. The predicted molar refractivity (Wildman–Crippen MR) is 71.2 cm³/mol. The van der Waals surface area contributed by atoms with Crippen LogP contribution in [-0.2, 0) is 16.0 Å². The van der Waals surface area contributed by atoms with E-state index in [9.17, 15) is 9.59 Å². The maximum Gasteiger partial charge on any atom is 0.328 e. The number of hydrogen-bond acceptors (Lipinski definition) is 3. The van der Waals surface area contributed by atoms with E-state index in [0.29, 0.717) is 5.56 Å². The van der Waals surface area contributed by atoms with Gasteiger partial charge in [0.15, 0.2) is 6.04 Å². The van der Waals surface area contributed by atoms with Crippen LogP contribution in [0, 0.1) is 0 Å². The van der Waals surface area contributed by atoms with E-state index >= 15 is 0 Å². The van der Waals surface area contributed by atoms with E-state index in [-0.39, 0.29) is 12.5 Å². The van der Waals surface area contributed by atoms with Crippen molar-refractivity contribution in [2.45, 2.75) is 25.8 Å². The first-order chi connectivity index (χ1) is 9.10. The molecule has 0 bridgehead atoms. The van der Waals surface area contributed by atoms with Crippen molar-refractivity contribution in [2.75, 3.05) is 13.7 Å². The molecule has 1 rings (SSSR count). The van der Waals surface area contributed by atoms with Crippen LogP contribution in [0.3, 0.4) is 0 Å². The van der Waals surface area contributed by atoms with Crippen LogP contribution >= 0.6 is 0 Å². The van der Waals surface area contributed by atoms with Gasteiger partial charge in [-0.2, -0.15) is 0 Å². The summed E-state index contributed by atoms with van der Waals surface area (Å²) in [4.78, 5) is 23.1. The van der Waals surface area contributed by atoms with Crippen LogP contribution in [0.4, 0.5) is 0 Å². The van der Waals surface area contributed by atoms with Crippen molar-refractivity contribution in [3.05, 3.63) is 35.4 Å². The van der Waals surface area contributed by atoms with Gasteiger partial charge in [0.1, 0.15) is 0 Å². The number of carboxylic acid groups (broad SMARTS) is 1. The monoisotopic (exact) mass is 265 g/mol. The average molecular weight is 265 g/mol. The minimum atomic E-state index is -1.11. The number of ether oxygens (including phenoxy) is 1. The second kappa shape index (κ2) is 7.53. The van der Waals surface area contributed by atoms with E-state index in [1.165, 1.54) is 7.11 Å². The molecule has 5 heteroatoms. The van der Waals surface area contributed by atoms with E-state index in [2.05, 4.69) is 5.32 Å². The van der Waals surface area contributed by atoms with Crippen LogP contribution < -0.4 is 5.32 Å². The molecule has 5 nitrogen and oxygen atoms in total. The molecule has 1 unspecified atom stereocenters. The highest BCUT2D eigenvalue weighted by Crippen LogP contribution is 2.11. The second-order valence-electron chi connectivity index (χ2n) is 4.23. The molecule has 0 aromatic heterocycles. The van der Waals surface area contributed by atoms with Crippen LogP contribution in [-0.4, -0.2) is 36.7 Å². The summed E-state index contributed by atoms with van der Waals surface area (Å²) in [6.45, 7) is 1.97. The summed E-state index contributed by atoms with van der Waals surface area (Å²) in [6.07, 6.45) is 1.70. The molecule has 1 amide bonds. The first-order valence-corrected chi connectivity index (χ1v) is 6.20. The van der Waals surface area contributed by atoms with Crippen LogP contribution in [0.2, 0.25) is 0 Å². The lowest BCUT2D eigenvalue weighted by molar-refractivity contribution is -0.140. The number of methoxy groups -OCH3 is 1. The van der Waals surface area contributed by atoms with Crippen LogP contribution in [0.25, 0.3) is 0 Å². The number of aryl methyl sites for hydroxylation is 1. The SMILES string of the molecule is CCCc1ccccc1C(=O)NC(COC)C(=O)O. The topological polar surface area (TPSA) is 75.6 Å². The molecule has 2 N–H and O–H groups in total. The summed E-state index contributed by atoms with van der Waals surface area (Å²) in [5, 5.41) is 11.4. The van der Waals surface area contributed by atoms with Crippen LogP contribution in [0.15, 0.2) is 24.3 Å². The number of aliphatic carboxylic acids is 1. The number of amides is 1. The van der Waals surface area contributed by atoms with Crippen molar-refractivity contribution in [3.8, 4) is 0 Å². The first-order valence-electron chi connectivity index (χ1n) is 6.20. The number of benzene rings is 1. The molecule has 1 aromatic carbocycles. The lowest BCUT2D eigenvalue weighted by atomic mass is 10.0. The Kier molecular flexibility index (Phi) is 6.02. The number of nitrogens with one attached hydrogen (secondary N) is 1. The maximum absolute atomic E-state index is 12.1. The van der Waals surface area contributed by atoms with Gasteiger partial charge in [-0.15, -0.1) is 0 Å².